The van der Waals surface area contributed by atoms with Gasteiger partial charge in [-0.25, -0.2) is 4.79 Å². The first-order chi connectivity index (χ1) is 14.5. The Labute approximate surface area is 175 Å². The number of amides is 4. The second-order valence-corrected chi connectivity index (χ2v) is 7.83. The third kappa shape index (κ3) is 4.15. The maximum atomic E-state index is 12.9. The highest BCUT2D eigenvalue weighted by molar-refractivity contribution is 6.22. The zero-order valence-electron chi connectivity index (χ0n) is 16.7. The van der Waals surface area contributed by atoms with Crippen LogP contribution < -0.4 is 10.6 Å². The van der Waals surface area contributed by atoms with E-state index in [9.17, 15) is 19.5 Å². The molecule has 0 atom stereocenters. The van der Waals surface area contributed by atoms with Gasteiger partial charge in [-0.1, -0.05) is 31.4 Å². The first kappa shape index (κ1) is 19.9. The van der Waals surface area contributed by atoms with Crippen molar-refractivity contribution in [1.82, 2.24) is 10.2 Å². The molecule has 4 rings (SSSR count). The monoisotopic (exact) mass is 407 g/mol. The van der Waals surface area contributed by atoms with E-state index >= 15 is 0 Å². The number of phenolic OH excluding ortho intramolecular Hbond substituents is 1. The highest BCUT2D eigenvalue weighted by atomic mass is 16.3. The molecule has 7 heteroatoms. The van der Waals surface area contributed by atoms with E-state index in [1.54, 1.807) is 42.5 Å². The fraction of sp³-hybridized carbons (Fsp3) is 0.348. The third-order valence-electron chi connectivity index (χ3n) is 5.75. The van der Waals surface area contributed by atoms with E-state index in [0.717, 1.165) is 37.7 Å². The normalized spacial score (nSPS) is 16.5. The Bertz CT molecular complexity index is 965. The van der Waals surface area contributed by atoms with E-state index in [2.05, 4.69) is 10.6 Å². The summed E-state index contributed by atoms with van der Waals surface area (Å²) in [5, 5.41) is 14.8. The third-order valence-corrected chi connectivity index (χ3v) is 5.75. The number of hydrogen-bond donors (Lipinski definition) is 3. The van der Waals surface area contributed by atoms with Crippen molar-refractivity contribution in [2.24, 2.45) is 0 Å². The van der Waals surface area contributed by atoms with Gasteiger partial charge in [0.1, 0.15) is 5.75 Å². The van der Waals surface area contributed by atoms with Gasteiger partial charge in [0.2, 0.25) is 0 Å². The summed E-state index contributed by atoms with van der Waals surface area (Å²) in [5.74, 6) is -0.291. The van der Waals surface area contributed by atoms with Crippen LogP contribution in [0.3, 0.4) is 0 Å². The van der Waals surface area contributed by atoms with Gasteiger partial charge in [0.15, 0.2) is 0 Å². The van der Waals surface area contributed by atoms with Crippen molar-refractivity contribution in [2.45, 2.75) is 44.6 Å². The van der Waals surface area contributed by atoms with Gasteiger partial charge in [0.05, 0.1) is 11.1 Å². The van der Waals surface area contributed by atoms with Crippen LogP contribution in [0.1, 0.15) is 58.4 Å². The van der Waals surface area contributed by atoms with Crippen molar-refractivity contribution in [1.29, 1.82) is 0 Å². The standard InChI is InChI=1S/C23H25N3O4/c27-18-9-6-15(7-10-18)12-13-24-23(30)25-16-8-11-19-20(14-16)22(29)26(21(19)28)17-4-2-1-3-5-17/h6-11,14,17,27H,1-5,12-13H2,(H2,24,25,30). The molecule has 156 valence electrons. The summed E-state index contributed by atoms with van der Waals surface area (Å²) in [6.07, 6.45) is 5.57. The summed E-state index contributed by atoms with van der Waals surface area (Å²) < 4.78 is 0. The molecule has 0 radical (unpaired) electrons. The Morgan fingerprint density at radius 1 is 0.967 bits per heavy atom. The molecule has 0 unspecified atom stereocenters. The van der Waals surface area contributed by atoms with E-state index in [0.29, 0.717) is 29.8 Å². The van der Waals surface area contributed by atoms with Crippen LogP contribution in [-0.4, -0.2) is 40.4 Å². The second-order valence-electron chi connectivity index (χ2n) is 7.83. The summed E-state index contributed by atoms with van der Waals surface area (Å²) >= 11 is 0. The number of rotatable bonds is 5. The Morgan fingerprint density at radius 2 is 1.67 bits per heavy atom. The van der Waals surface area contributed by atoms with Crippen LogP contribution in [0.25, 0.3) is 0 Å². The van der Waals surface area contributed by atoms with Crippen molar-refractivity contribution in [3.8, 4) is 5.75 Å². The zero-order chi connectivity index (χ0) is 21.1. The molecule has 2 aromatic rings. The van der Waals surface area contributed by atoms with Crippen LogP contribution in [0.5, 0.6) is 5.75 Å². The molecular formula is C23H25N3O4. The van der Waals surface area contributed by atoms with Crippen molar-refractivity contribution >= 4 is 23.5 Å². The molecule has 4 amide bonds. The van der Waals surface area contributed by atoms with E-state index in [4.69, 9.17) is 0 Å². The Balaban J connectivity index is 1.36. The number of phenols is 1. The van der Waals surface area contributed by atoms with Gasteiger partial charge in [-0.15, -0.1) is 0 Å². The number of carbonyl (C=O) groups is 3. The Hall–Kier alpha value is -3.35. The van der Waals surface area contributed by atoms with Crippen LogP contribution in [0.4, 0.5) is 10.5 Å². The first-order valence-electron chi connectivity index (χ1n) is 10.4. The average molecular weight is 407 g/mol. The number of urea groups is 1. The van der Waals surface area contributed by atoms with Crippen molar-refractivity contribution in [3.05, 3.63) is 59.2 Å². The Morgan fingerprint density at radius 3 is 2.40 bits per heavy atom. The fourth-order valence-electron chi connectivity index (χ4n) is 4.17. The molecule has 1 fully saturated rings. The maximum absolute atomic E-state index is 12.9. The largest absolute Gasteiger partial charge is 0.508 e. The summed E-state index contributed by atoms with van der Waals surface area (Å²) in [6, 6.07) is 11.3. The lowest BCUT2D eigenvalue weighted by molar-refractivity contribution is 0.0549. The lowest BCUT2D eigenvalue weighted by Gasteiger charge is -2.29. The quantitative estimate of drug-likeness (QED) is 0.659. The molecule has 30 heavy (non-hydrogen) atoms. The summed E-state index contributed by atoms with van der Waals surface area (Å²) in [4.78, 5) is 39.2. The molecule has 0 bridgehead atoms. The van der Waals surface area contributed by atoms with Crippen LogP contribution in [0.2, 0.25) is 0 Å². The Kier molecular flexibility index (Phi) is 5.70. The van der Waals surface area contributed by atoms with Crippen molar-refractivity contribution < 1.29 is 19.5 Å². The van der Waals surface area contributed by atoms with Crippen LogP contribution in [-0.2, 0) is 6.42 Å². The van der Waals surface area contributed by atoms with Crippen LogP contribution >= 0.6 is 0 Å². The lowest BCUT2D eigenvalue weighted by atomic mass is 9.94. The molecule has 3 N–H and O–H groups in total. The number of hydrogen-bond acceptors (Lipinski definition) is 4. The number of imide groups is 1. The van der Waals surface area contributed by atoms with Gasteiger partial charge in [0, 0.05) is 18.3 Å². The molecular weight excluding hydrogens is 382 g/mol. The second kappa shape index (κ2) is 8.57. The number of nitrogens with one attached hydrogen (secondary N) is 2. The molecule has 0 spiro atoms. The van der Waals surface area contributed by atoms with Gasteiger partial charge in [-0.05, 0) is 55.2 Å². The van der Waals surface area contributed by atoms with E-state index in [1.165, 1.54) is 4.90 Å². The minimum absolute atomic E-state index is 0.0224. The number of benzene rings is 2. The number of carbonyl (C=O) groups excluding carboxylic acids is 3. The number of aromatic hydroxyl groups is 1. The molecule has 2 aromatic carbocycles. The van der Waals surface area contributed by atoms with Gasteiger partial charge in [-0.3, -0.25) is 14.5 Å². The lowest BCUT2D eigenvalue weighted by Crippen LogP contribution is -2.40. The molecule has 1 aliphatic carbocycles. The zero-order valence-corrected chi connectivity index (χ0v) is 16.7. The highest BCUT2D eigenvalue weighted by Crippen LogP contribution is 2.32. The maximum Gasteiger partial charge on any atom is 0.319 e. The van der Waals surface area contributed by atoms with Crippen LogP contribution in [0.15, 0.2) is 42.5 Å². The summed E-state index contributed by atoms with van der Waals surface area (Å²) in [5.41, 5.74) is 2.23. The van der Waals surface area contributed by atoms with Gasteiger partial charge >= 0.3 is 6.03 Å². The molecule has 1 aliphatic heterocycles. The SMILES string of the molecule is O=C(NCCc1ccc(O)cc1)Nc1ccc2c(c1)C(=O)N(C1CCCCC1)C2=O. The molecule has 1 heterocycles. The van der Waals surface area contributed by atoms with Gasteiger partial charge in [-0.2, -0.15) is 0 Å². The number of nitrogens with zero attached hydrogens (tertiary/aromatic N) is 1. The smallest absolute Gasteiger partial charge is 0.319 e. The summed E-state index contributed by atoms with van der Waals surface area (Å²) in [7, 11) is 0. The predicted molar refractivity (Wildman–Crippen MR) is 113 cm³/mol. The van der Waals surface area contributed by atoms with Gasteiger partial charge < -0.3 is 15.7 Å². The minimum atomic E-state index is -0.380. The van der Waals surface area contributed by atoms with Crippen LogP contribution in [0, 0.1) is 0 Å². The minimum Gasteiger partial charge on any atom is -0.508 e. The van der Waals surface area contributed by atoms with Crippen molar-refractivity contribution in [3.63, 3.8) is 0 Å². The van der Waals surface area contributed by atoms with E-state index in [1.807, 2.05) is 0 Å². The molecule has 2 aliphatic rings. The number of fused-ring (bicyclic) bond motifs is 1. The molecule has 7 nitrogen and oxygen atoms in total. The fourth-order valence-corrected chi connectivity index (χ4v) is 4.17. The number of anilines is 1. The molecule has 0 aromatic heterocycles. The molecule has 0 saturated heterocycles. The summed E-state index contributed by atoms with van der Waals surface area (Å²) in [6.45, 7) is 0.425. The highest BCUT2D eigenvalue weighted by Gasteiger charge is 2.40. The van der Waals surface area contributed by atoms with Crippen molar-refractivity contribution in [2.75, 3.05) is 11.9 Å². The van der Waals surface area contributed by atoms with E-state index < -0.39 is 0 Å². The topological polar surface area (TPSA) is 98.7 Å². The molecule has 1 saturated carbocycles. The first-order valence-corrected chi connectivity index (χ1v) is 10.4. The average Bonchev–Trinajstić information content (AvgIpc) is 3.00. The van der Waals surface area contributed by atoms with Gasteiger partial charge in [0.25, 0.3) is 11.8 Å². The predicted octanol–water partition coefficient (Wildman–Crippen LogP) is 3.69. The van der Waals surface area contributed by atoms with E-state index in [-0.39, 0.29) is 29.6 Å².